The van der Waals surface area contributed by atoms with Gasteiger partial charge in [-0.15, -0.1) is 0 Å². The van der Waals surface area contributed by atoms with Crippen molar-refractivity contribution >= 4 is 11.8 Å². The average Bonchev–Trinajstić information content (AvgIpc) is 2.77. The molecule has 1 unspecified atom stereocenters. The Balaban J connectivity index is 1.64. The van der Waals surface area contributed by atoms with Crippen LogP contribution in [-0.2, 0) is 0 Å². The van der Waals surface area contributed by atoms with Gasteiger partial charge < -0.3 is 10.2 Å². The zero-order chi connectivity index (χ0) is 14.8. The molecule has 0 bridgehead atoms. The topological polar surface area (TPSA) is 15.3 Å². The second-order valence-corrected chi connectivity index (χ2v) is 8.01. The van der Waals surface area contributed by atoms with E-state index in [2.05, 4.69) is 16.5 Å². The fraction of sp³-hybridized carbons (Fsp3) is 1.00. The summed E-state index contributed by atoms with van der Waals surface area (Å²) in [6.07, 6.45) is 16.6. The molecule has 21 heavy (non-hydrogen) atoms. The van der Waals surface area contributed by atoms with Crippen LogP contribution in [0.4, 0.5) is 0 Å². The number of rotatable bonds is 8. The Bertz CT molecular complexity index is 254. The van der Waals surface area contributed by atoms with E-state index >= 15 is 0 Å². The maximum absolute atomic E-state index is 3.86. The second kappa shape index (κ2) is 10.9. The summed E-state index contributed by atoms with van der Waals surface area (Å²) in [4.78, 5) is 2.76. The van der Waals surface area contributed by atoms with E-state index in [1.54, 1.807) is 0 Å². The molecule has 1 heterocycles. The first-order chi connectivity index (χ1) is 10.4. The van der Waals surface area contributed by atoms with Gasteiger partial charge in [0.05, 0.1) is 0 Å². The van der Waals surface area contributed by atoms with E-state index < -0.39 is 0 Å². The Morgan fingerprint density at radius 3 is 2.62 bits per heavy atom. The third-order valence-corrected chi connectivity index (χ3v) is 6.00. The van der Waals surface area contributed by atoms with Crippen LogP contribution in [-0.4, -0.2) is 49.1 Å². The van der Waals surface area contributed by atoms with Gasteiger partial charge in [-0.05, 0) is 69.7 Å². The van der Waals surface area contributed by atoms with E-state index in [9.17, 15) is 0 Å². The fourth-order valence-electron chi connectivity index (χ4n) is 4.01. The number of thioether (sulfide) groups is 1. The van der Waals surface area contributed by atoms with Crippen LogP contribution in [0.15, 0.2) is 0 Å². The summed E-state index contributed by atoms with van der Waals surface area (Å²) >= 11 is 1.99. The molecule has 0 radical (unpaired) electrons. The highest BCUT2D eigenvalue weighted by Crippen LogP contribution is 2.27. The maximum atomic E-state index is 3.86. The summed E-state index contributed by atoms with van der Waals surface area (Å²) in [6, 6.07) is 0.782. The summed E-state index contributed by atoms with van der Waals surface area (Å²) < 4.78 is 0. The Morgan fingerprint density at radius 2 is 1.81 bits per heavy atom. The average molecular weight is 313 g/mol. The molecule has 1 aliphatic carbocycles. The molecule has 3 heteroatoms. The van der Waals surface area contributed by atoms with Crippen molar-refractivity contribution in [2.75, 3.05) is 38.2 Å². The van der Waals surface area contributed by atoms with E-state index in [-0.39, 0.29) is 0 Å². The van der Waals surface area contributed by atoms with Crippen molar-refractivity contribution in [1.82, 2.24) is 10.2 Å². The first-order valence-electron chi connectivity index (χ1n) is 9.35. The van der Waals surface area contributed by atoms with E-state index in [0.29, 0.717) is 0 Å². The van der Waals surface area contributed by atoms with Crippen LogP contribution in [0.3, 0.4) is 0 Å². The van der Waals surface area contributed by atoms with Crippen molar-refractivity contribution in [3.63, 3.8) is 0 Å². The quantitative estimate of drug-likeness (QED) is 0.678. The van der Waals surface area contributed by atoms with Gasteiger partial charge in [0.25, 0.3) is 0 Å². The van der Waals surface area contributed by atoms with Crippen molar-refractivity contribution < 1.29 is 0 Å². The van der Waals surface area contributed by atoms with Crippen molar-refractivity contribution in [3.05, 3.63) is 0 Å². The van der Waals surface area contributed by atoms with Crippen molar-refractivity contribution in [3.8, 4) is 0 Å². The van der Waals surface area contributed by atoms with Gasteiger partial charge in [0.1, 0.15) is 0 Å². The van der Waals surface area contributed by atoms with Gasteiger partial charge in [0, 0.05) is 12.6 Å². The van der Waals surface area contributed by atoms with Gasteiger partial charge in [-0.25, -0.2) is 0 Å². The predicted octanol–water partition coefficient (Wildman–Crippen LogP) is 4.15. The number of hydrogen-bond donors (Lipinski definition) is 1. The van der Waals surface area contributed by atoms with Gasteiger partial charge in [-0.2, -0.15) is 11.8 Å². The molecule has 1 atom stereocenters. The molecular formula is C18H36N2S. The van der Waals surface area contributed by atoms with E-state index in [0.717, 1.165) is 12.0 Å². The molecule has 1 saturated heterocycles. The molecule has 1 aliphatic heterocycles. The molecule has 0 spiro atoms. The number of unbranched alkanes of at least 4 members (excludes halogenated alkanes) is 3. The summed E-state index contributed by atoms with van der Waals surface area (Å²) in [5.41, 5.74) is 0. The minimum Gasteiger partial charge on any atom is -0.312 e. The van der Waals surface area contributed by atoms with E-state index in [4.69, 9.17) is 0 Å². The van der Waals surface area contributed by atoms with Crippen LogP contribution in [0.1, 0.15) is 64.2 Å². The largest absolute Gasteiger partial charge is 0.312 e. The SMILES string of the molecule is CSCCCCCCN1CCCNC(C2CCCCC2)C1. The van der Waals surface area contributed by atoms with Crippen LogP contribution in [0, 0.1) is 5.92 Å². The molecule has 2 nitrogen and oxygen atoms in total. The summed E-state index contributed by atoms with van der Waals surface area (Å²) in [5.74, 6) is 2.30. The van der Waals surface area contributed by atoms with Gasteiger partial charge in [-0.1, -0.05) is 32.1 Å². The highest BCUT2D eigenvalue weighted by molar-refractivity contribution is 7.98. The number of nitrogens with one attached hydrogen (secondary N) is 1. The first-order valence-corrected chi connectivity index (χ1v) is 10.7. The van der Waals surface area contributed by atoms with Gasteiger partial charge >= 0.3 is 0 Å². The molecule has 2 rings (SSSR count). The molecule has 0 aromatic carbocycles. The zero-order valence-corrected chi connectivity index (χ0v) is 14.9. The highest BCUT2D eigenvalue weighted by atomic mass is 32.2. The van der Waals surface area contributed by atoms with Gasteiger partial charge in [-0.3, -0.25) is 0 Å². The van der Waals surface area contributed by atoms with Crippen molar-refractivity contribution in [2.24, 2.45) is 5.92 Å². The molecule has 1 saturated carbocycles. The lowest BCUT2D eigenvalue weighted by molar-refractivity contribution is 0.204. The molecule has 124 valence electrons. The highest BCUT2D eigenvalue weighted by Gasteiger charge is 2.26. The van der Waals surface area contributed by atoms with Crippen molar-refractivity contribution in [1.29, 1.82) is 0 Å². The lowest BCUT2D eigenvalue weighted by Crippen LogP contribution is -2.43. The van der Waals surface area contributed by atoms with Gasteiger partial charge in [0.15, 0.2) is 0 Å². The number of hydrogen-bond acceptors (Lipinski definition) is 3. The summed E-state index contributed by atoms with van der Waals surface area (Å²) in [5, 5.41) is 3.86. The van der Waals surface area contributed by atoms with Crippen LogP contribution in [0.2, 0.25) is 0 Å². The van der Waals surface area contributed by atoms with Gasteiger partial charge in [0.2, 0.25) is 0 Å². The Kier molecular flexibility index (Phi) is 9.15. The van der Waals surface area contributed by atoms with E-state index in [1.807, 2.05) is 11.8 Å². The third-order valence-electron chi connectivity index (χ3n) is 5.30. The predicted molar refractivity (Wildman–Crippen MR) is 96.3 cm³/mol. The van der Waals surface area contributed by atoms with Crippen molar-refractivity contribution in [2.45, 2.75) is 70.3 Å². The molecule has 2 fully saturated rings. The van der Waals surface area contributed by atoms with Crippen LogP contribution in [0.5, 0.6) is 0 Å². The molecule has 1 N–H and O–H groups in total. The van der Waals surface area contributed by atoms with Crippen LogP contribution in [0.25, 0.3) is 0 Å². The minimum atomic E-state index is 0.782. The van der Waals surface area contributed by atoms with Crippen LogP contribution >= 0.6 is 11.8 Å². The monoisotopic (exact) mass is 312 g/mol. The molecular weight excluding hydrogens is 276 g/mol. The lowest BCUT2D eigenvalue weighted by Gasteiger charge is -2.33. The smallest absolute Gasteiger partial charge is 0.0223 e. The molecule has 0 amide bonds. The second-order valence-electron chi connectivity index (χ2n) is 7.02. The normalized spacial score (nSPS) is 25.9. The Hall–Kier alpha value is 0.270. The van der Waals surface area contributed by atoms with Crippen LogP contribution < -0.4 is 5.32 Å². The Morgan fingerprint density at radius 1 is 1.00 bits per heavy atom. The standard InChI is InChI=1S/C18H36N2S/c1-21-15-8-3-2-7-13-20-14-9-12-19-18(16-20)17-10-5-4-6-11-17/h17-19H,2-16H2,1H3. The van der Waals surface area contributed by atoms with E-state index in [1.165, 1.54) is 96.1 Å². The zero-order valence-electron chi connectivity index (χ0n) is 14.1. The third kappa shape index (κ3) is 6.92. The summed E-state index contributed by atoms with van der Waals surface area (Å²) in [6.45, 7) is 5.21. The molecule has 2 aliphatic rings. The number of nitrogens with zero attached hydrogens (tertiary/aromatic N) is 1. The molecule has 0 aromatic rings. The summed E-state index contributed by atoms with van der Waals surface area (Å²) in [7, 11) is 0. The maximum Gasteiger partial charge on any atom is 0.0223 e. The Labute approximate surface area is 136 Å². The molecule has 0 aromatic heterocycles. The minimum absolute atomic E-state index is 0.782. The first kappa shape index (κ1) is 17.6. The fourth-order valence-corrected chi connectivity index (χ4v) is 4.51. The lowest BCUT2D eigenvalue weighted by atomic mass is 9.83.